The Hall–Kier alpha value is -1.61. The molecule has 0 spiro atoms. The van der Waals surface area contributed by atoms with Crippen molar-refractivity contribution in [2.75, 3.05) is 0 Å². The second-order valence-electron chi connectivity index (χ2n) is 5.40. The van der Waals surface area contributed by atoms with Gasteiger partial charge in [0.1, 0.15) is 0 Å². The average Bonchev–Trinajstić information content (AvgIpc) is 2.50. The van der Waals surface area contributed by atoms with Crippen molar-refractivity contribution >= 4 is 22.6 Å². The highest BCUT2D eigenvalue weighted by Crippen LogP contribution is 2.33. The van der Waals surface area contributed by atoms with Crippen LogP contribution in [0.2, 0.25) is 0 Å². The van der Waals surface area contributed by atoms with Crippen LogP contribution in [0.1, 0.15) is 11.1 Å². The predicted molar refractivity (Wildman–Crippen MR) is 99.5 cm³/mol. The number of hydrogen-bond acceptors (Lipinski definition) is 0. The minimum atomic E-state index is 1.28. The van der Waals surface area contributed by atoms with Crippen molar-refractivity contribution in [3.8, 4) is 22.3 Å². The fourth-order valence-corrected chi connectivity index (χ4v) is 3.43. The molecule has 3 aromatic carbocycles. The van der Waals surface area contributed by atoms with Crippen LogP contribution in [0.15, 0.2) is 66.7 Å². The van der Waals surface area contributed by atoms with E-state index in [9.17, 15) is 0 Å². The van der Waals surface area contributed by atoms with Gasteiger partial charge in [-0.15, -0.1) is 0 Å². The molecule has 0 aliphatic heterocycles. The fraction of sp³-hybridized carbons (Fsp3) is 0.100. The zero-order valence-electron chi connectivity index (χ0n) is 12.2. The van der Waals surface area contributed by atoms with Crippen molar-refractivity contribution in [3.63, 3.8) is 0 Å². The maximum atomic E-state index is 2.47. The molecule has 0 aliphatic carbocycles. The molecule has 0 atom stereocenters. The van der Waals surface area contributed by atoms with Crippen LogP contribution in [-0.2, 0) is 0 Å². The summed E-state index contributed by atoms with van der Waals surface area (Å²) in [4.78, 5) is 0. The molecule has 0 unspecified atom stereocenters. The quantitative estimate of drug-likeness (QED) is 0.459. The first-order valence-corrected chi connectivity index (χ1v) is 8.15. The van der Waals surface area contributed by atoms with Gasteiger partial charge in [-0.25, -0.2) is 0 Å². The molecular formula is C20H17I. The number of aryl methyl sites for hydroxylation is 2. The van der Waals surface area contributed by atoms with E-state index in [4.69, 9.17) is 0 Å². The van der Waals surface area contributed by atoms with Gasteiger partial charge in [-0.2, -0.15) is 0 Å². The minimum Gasteiger partial charge on any atom is -0.0610 e. The average molecular weight is 384 g/mol. The first-order chi connectivity index (χ1) is 10.1. The summed E-state index contributed by atoms with van der Waals surface area (Å²) in [5.41, 5.74) is 7.74. The van der Waals surface area contributed by atoms with Gasteiger partial charge in [-0.1, -0.05) is 77.9 Å². The lowest BCUT2D eigenvalue weighted by molar-refractivity contribution is 1.45. The Morgan fingerprint density at radius 3 is 1.33 bits per heavy atom. The van der Waals surface area contributed by atoms with Crippen molar-refractivity contribution in [2.45, 2.75) is 13.8 Å². The molecule has 3 rings (SSSR count). The third kappa shape index (κ3) is 3.03. The highest BCUT2D eigenvalue weighted by atomic mass is 127. The number of hydrogen-bond donors (Lipinski definition) is 0. The lowest BCUT2D eigenvalue weighted by Gasteiger charge is -2.11. The van der Waals surface area contributed by atoms with E-state index in [0.717, 1.165) is 0 Å². The molecular weight excluding hydrogens is 367 g/mol. The molecule has 3 aromatic rings. The van der Waals surface area contributed by atoms with Gasteiger partial charge in [-0.05, 0) is 58.7 Å². The monoisotopic (exact) mass is 384 g/mol. The minimum absolute atomic E-state index is 1.28. The summed E-state index contributed by atoms with van der Waals surface area (Å²) >= 11 is 2.47. The molecule has 0 amide bonds. The molecule has 0 heterocycles. The van der Waals surface area contributed by atoms with E-state index in [-0.39, 0.29) is 0 Å². The van der Waals surface area contributed by atoms with E-state index in [1.807, 2.05) is 0 Å². The molecule has 0 N–H and O–H groups in total. The molecule has 0 nitrogen and oxygen atoms in total. The Balaban J connectivity index is 2.10. The summed E-state index contributed by atoms with van der Waals surface area (Å²) in [7, 11) is 0. The second-order valence-corrected chi connectivity index (χ2v) is 6.48. The van der Waals surface area contributed by atoms with E-state index in [1.165, 1.54) is 37.0 Å². The predicted octanol–water partition coefficient (Wildman–Crippen LogP) is 6.24. The van der Waals surface area contributed by atoms with E-state index >= 15 is 0 Å². The van der Waals surface area contributed by atoms with Gasteiger partial charge in [0.05, 0.1) is 0 Å². The topological polar surface area (TPSA) is 0 Å². The van der Waals surface area contributed by atoms with Crippen LogP contribution >= 0.6 is 22.6 Å². The van der Waals surface area contributed by atoms with Gasteiger partial charge in [0, 0.05) is 3.57 Å². The van der Waals surface area contributed by atoms with E-state index in [1.54, 1.807) is 0 Å². The van der Waals surface area contributed by atoms with Gasteiger partial charge in [0.2, 0.25) is 0 Å². The molecule has 0 aromatic heterocycles. The van der Waals surface area contributed by atoms with Gasteiger partial charge >= 0.3 is 0 Å². The largest absolute Gasteiger partial charge is 0.0610 e. The van der Waals surface area contributed by atoms with Crippen LogP contribution in [0.4, 0.5) is 0 Å². The zero-order valence-corrected chi connectivity index (χ0v) is 14.4. The Morgan fingerprint density at radius 2 is 0.952 bits per heavy atom. The van der Waals surface area contributed by atoms with Crippen molar-refractivity contribution in [1.82, 2.24) is 0 Å². The van der Waals surface area contributed by atoms with Crippen LogP contribution in [0.5, 0.6) is 0 Å². The highest BCUT2D eigenvalue weighted by molar-refractivity contribution is 14.1. The number of halogens is 1. The Bertz CT molecular complexity index is 689. The second kappa shape index (κ2) is 6.02. The maximum Gasteiger partial charge on any atom is 0.0287 e. The lowest BCUT2D eigenvalue weighted by atomic mass is 9.98. The summed E-state index contributed by atoms with van der Waals surface area (Å²) < 4.78 is 1.31. The van der Waals surface area contributed by atoms with Crippen molar-refractivity contribution in [1.29, 1.82) is 0 Å². The third-order valence-electron chi connectivity index (χ3n) is 3.72. The van der Waals surface area contributed by atoms with Crippen LogP contribution in [0, 0.1) is 17.4 Å². The molecule has 0 saturated carbocycles. The summed E-state index contributed by atoms with van der Waals surface area (Å²) in [6.45, 7) is 4.24. The molecule has 104 valence electrons. The van der Waals surface area contributed by atoms with Gasteiger partial charge < -0.3 is 0 Å². The Kier molecular flexibility index (Phi) is 4.11. The third-order valence-corrected chi connectivity index (χ3v) is 4.89. The zero-order chi connectivity index (χ0) is 14.8. The molecule has 21 heavy (non-hydrogen) atoms. The maximum absolute atomic E-state index is 2.47. The van der Waals surface area contributed by atoms with Crippen molar-refractivity contribution in [2.24, 2.45) is 0 Å². The summed E-state index contributed by atoms with van der Waals surface area (Å²) in [5, 5.41) is 0. The Morgan fingerprint density at radius 1 is 0.571 bits per heavy atom. The van der Waals surface area contributed by atoms with Crippen molar-refractivity contribution < 1.29 is 0 Å². The molecule has 0 aliphatic rings. The van der Waals surface area contributed by atoms with E-state index in [2.05, 4.69) is 103 Å². The molecule has 0 fully saturated rings. The van der Waals surface area contributed by atoms with Gasteiger partial charge in [-0.3, -0.25) is 0 Å². The van der Waals surface area contributed by atoms with Gasteiger partial charge in [0.15, 0.2) is 0 Å². The standard InChI is InChI=1S/C20H17I/c1-14-6-10-16(11-7-14)18-4-3-5-19(20(18)21)17-12-8-15(2)9-13-17/h3-13H,1-2H3. The lowest BCUT2D eigenvalue weighted by Crippen LogP contribution is -1.88. The van der Waals surface area contributed by atoms with Crippen LogP contribution in [-0.4, -0.2) is 0 Å². The molecule has 0 bridgehead atoms. The normalized spacial score (nSPS) is 10.6. The fourth-order valence-electron chi connectivity index (χ4n) is 2.44. The van der Waals surface area contributed by atoms with Crippen LogP contribution in [0.3, 0.4) is 0 Å². The molecule has 0 saturated heterocycles. The van der Waals surface area contributed by atoms with E-state index in [0.29, 0.717) is 0 Å². The first kappa shape index (κ1) is 14.3. The smallest absolute Gasteiger partial charge is 0.0287 e. The van der Waals surface area contributed by atoms with E-state index < -0.39 is 0 Å². The SMILES string of the molecule is Cc1ccc(-c2cccc(-c3ccc(C)cc3)c2I)cc1. The van der Waals surface area contributed by atoms with Gasteiger partial charge in [0.25, 0.3) is 0 Å². The molecule has 0 radical (unpaired) electrons. The first-order valence-electron chi connectivity index (χ1n) is 7.08. The van der Waals surface area contributed by atoms with Crippen LogP contribution in [0.25, 0.3) is 22.3 Å². The molecule has 1 heteroatoms. The summed E-state index contributed by atoms with van der Waals surface area (Å²) in [5.74, 6) is 0. The van der Waals surface area contributed by atoms with Crippen LogP contribution < -0.4 is 0 Å². The summed E-state index contributed by atoms with van der Waals surface area (Å²) in [6, 6.07) is 24.0. The van der Waals surface area contributed by atoms with Crippen molar-refractivity contribution in [3.05, 3.63) is 81.4 Å². The summed E-state index contributed by atoms with van der Waals surface area (Å²) in [6.07, 6.45) is 0. The highest BCUT2D eigenvalue weighted by Gasteiger charge is 2.09. The number of rotatable bonds is 2. The Labute approximate surface area is 140 Å². The number of benzene rings is 3.